The van der Waals surface area contributed by atoms with Crippen LogP contribution < -0.4 is 0 Å². The highest BCUT2D eigenvalue weighted by molar-refractivity contribution is 7.11. The van der Waals surface area contributed by atoms with E-state index >= 15 is 0 Å². The van der Waals surface area contributed by atoms with Crippen LogP contribution in [0.4, 0.5) is 0 Å². The number of benzene rings is 1. The molecule has 5 atom stereocenters. The molecule has 1 fully saturated rings. The number of hydrogen-bond acceptors (Lipinski definition) is 6. The quantitative estimate of drug-likeness (QED) is 0.664. The van der Waals surface area contributed by atoms with Gasteiger partial charge in [0.05, 0.1) is 6.61 Å². The third kappa shape index (κ3) is 3.54. The molecule has 0 amide bonds. The first-order valence-electron chi connectivity index (χ1n) is 7.94. The Balaban J connectivity index is 1.82. The summed E-state index contributed by atoms with van der Waals surface area (Å²) < 4.78 is 5.62. The molecule has 2 unspecified atom stereocenters. The SMILES string of the molecule is Cc1ccc(Cc2cccc([C@@H]3OC(CO)[C@@H](O)C(O)[C@H]3O)c2)s1. The van der Waals surface area contributed by atoms with Crippen molar-refractivity contribution in [3.63, 3.8) is 0 Å². The standard InChI is InChI=1S/C18H22O5S/c1-10-5-6-13(24-10)8-11-3-2-4-12(7-11)18-17(22)16(21)15(20)14(9-19)23-18/h2-7,14-22H,8-9H2,1H3/t14?,15-,16?,17-,18+/m1/s1. The predicted molar refractivity (Wildman–Crippen MR) is 91.0 cm³/mol. The van der Waals surface area contributed by atoms with E-state index in [0.29, 0.717) is 0 Å². The summed E-state index contributed by atoms with van der Waals surface area (Å²) in [6.45, 7) is 1.65. The second-order valence-corrected chi connectivity index (χ2v) is 7.56. The molecule has 1 aromatic carbocycles. The lowest BCUT2D eigenvalue weighted by atomic mass is 9.90. The second-order valence-electron chi connectivity index (χ2n) is 6.18. The fourth-order valence-corrected chi connectivity index (χ4v) is 3.96. The summed E-state index contributed by atoms with van der Waals surface area (Å²) in [4.78, 5) is 2.51. The topological polar surface area (TPSA) is 90.2 Å². The van der Waals surface area contributed by atoms with Gasteiger partial charge in [0.15, 0.2) is 0 Å². The molecule has 0 bridgehead atoms. The Bertz CT molecular complexity index is 684. The Kier molecular flexibility index (Phi) is 5.34. The lowest BCUT2D eigenvalue weighted by Gasteiger charge is -2.40. The number of thiophene rings is 1. The molecule has 1 saturated heterocycles. The van der Waals surface area contributed by atoms with Crippen molar-refractivity contribution < 1.29 is 25.2 Å². The van der Waals surface area contributed by atoms with Crippen molar-refractivity contribution in [3.05, 3.63) is 57.3 Å². The van der Waals surface area contributed by atoms with Crippen LogP contribution in [0, 0.1) is 6.92 Å². The molecule has 0 aliphatic carbocycles. The predicted octanol–water partition coefficient (Wildman–Crippen LogP) is 1.16. The fraction of sp³-hybridized carbons (Fsp3) is 0.444. The smallest absolute Gasteiger partial charge is 0.113 e. The van der Waals surface area contributed by atoms with Crippen LogP contribution in [-0.2, 0) is 11.2 Å². The molecular weight excluding hydrogens is 328 g/mol. The molecule has 24 heavy (non-hydrogen) atoms. The molecule has 130 valence electrons. The molecule has 1 aliphatic rings. The largest absolute Gasteiger partial charge is 0.394 e. The van der Waals surface area contributed by atoms with Gasteiger partial charge in [-0.25, -0.2) is 0 Å². The number of aliphatic hydroxyl groups is 4. The van der Waals surface area contributed by atoms with Gasteiger partial charge in [-0.15, -0.1) is 11.3 Å². The summed E-state index contributed by atoms with van der Waals surface area (Å²) in [5.41, 5.74) is 1.80. The van der Waals surface area contributed by atoms with Gasteiger partial charge >= 0.3 is 0 Å². The summed E-state index contributed by atoms with van der Waals surface area (Å²) >= 11 is 1.74. The Labute approximate surface area is 144 Å². The molecule has 0 radical (unpaired) electrons. The van der Waals surface area contributed by atoms with Crippen molar-refractivity contribution in [3.8, 4) is 0 Å². The maximum atomic E-state index is 10.2. The van der Waals surface area contributed by atoms with Crippen molar-refractivity contribution in [1.82, 2.24) is 0 Å². The normalized spacial score (nSPS) is 30.5. The van der Waals surface area contributed by atoms with E-state index in [0.717, 1.165) is 17.5 Å². The number of hydrogen-bond donors (Lipinski definition) is 4. The highest BCUT2D eigenvalue weighted by Crippen LogP contribution is 2.33. The zero-order valence-electron chi connectivity index (χ0n) is 13.4. The molecule has 5 nitrogen and oxygen atoms in total. The van der Waals surface area contributed by atoms with E-state index in [9.17, 15) is 20.4 Å². The van der Waals surface area contributed by atoms with Gasteiger partial charge in [0, 0.05) is 16.2 Å². The van der Waals surface area contributed by atoms with E-state index < -0.39 is 37.1 Å². The van der Waals surface area contributed by atoms with E-state index in [-0.39, 0.29) is 0 Å². The van der Waals surface area contributed by atoms with Crippen LogP contribution in [0.1, 0.15) is 27.0 Å². The van der Waals surface area contributed by atoms with Crippen LogP contribution in [0.25, 0.3) is 0 Å². The van der Waals surface area contributed by atoms with Crippen LogP contribution in [0.2, 0.25) is 0 Å². The Hall–Kier alpha value is -1.28. The molecular formula is C18H22O5S. The Morgan fingerprint density at radius 1 is 1.04 bits per heavy atom. The molecule has 1 aliphatic heterocycles. The monoisotopic (exact) mass is 350 g/mol. The van der Waals surface area contributed by atoms with Crippen molar-refractivity contribution in [1.29, 1.82) is 0 Å². The van der Waals surface area contributed by atoms with Gasteiger partial charge in [0.2, 0.25) is 0 Å². The van der Waals surface area contributed by atoms with Crippen LogP contribution in [0.15, 0.2) is 36.4 Å². The highest BCUT2D eigenvalue weighted by Gasteiger charge is 2.43. The number of aliphatic hydroxyl groups excluding tert-OH is 4. The zero-order valence-corrected chi connectivity index (χ0v) is 14.2. The first kappa shape index (κ1) is 17.5. The third-order valence-electron chi connectivity index (χ3n) is 4.35. The van der Waals surface area contributed by atoms with Crippen LogP contribution in [0.5, 0.6) is 0 Å². The molecule has 1 aromatic heterocycles. The van der Waals surface area contributed by atoms with Crippen LogP contribution in [0.3, 0.4) is 0 Å². The molecule has 0 saturated carbocycles. The van der Waals surface area contributed by atoms with E-state index in [1.54, 1.807) is 11.3 Å². The molecule has 4 N–H and O–H groups in total. The van der Waals surface area contributed by atoms with Gasteiger partial charge in [0.1, 0.15) is 30.5 Å². The summed E-state index contributed by atoms with van der Waals surface area (Å²) in [5.74, 6) is 0. The van der Waals surface area contributed by atoms with Gasteiger partial charge in [0.25, 0.3) is 0 Å². The van der Waals surface area contributed by atoms with Crippen molar-refractivity contribution in [2.45, 2.75) is 43.9 Å². The average molecular weight is 350 g/mol. The molecule has 6 heteroatoms. The Morgan fingerprint density at radius 3 is 2.50 bits per heavy atom. The van der Waals surface area contributed by atoms with Gasteiger partial charge in [-0.05, 0) is 30.2 Å². The number of ether oxygens (including phenoxy) is 1. The van der Waals surface area contributed by atoms with Gasteiger partial charge in [-0.3, -0.25) is 0 Å². The van der Waals surface area contributed by atoms with Gasteiger partial charge < -0.3 is 25.2 Å². The lowest BCUT2D eigenvalue weighted by Crippen LogP contribution is -2.55. The lowest BCUT2D eigenvalue weighted by molar-refractivity contribution is -0.231. The number of aryl methyl sites for hydroxylation is 1. The van der Waals surface area contributed by atoms with Gasteiger partial charge in [-0.2, -0.15) is 0 Å². The minimum Gasteiger partial charge on any atom is -0.394 e. The fourth-order valence-electron chi connectivity index (χ4n) is 3.04. The average Bonchev–Trinajstić information content (AvgIpc) is 2.98. The summed E-state index contributed by atoms with van der Waals surface area (Å²) in [7, 11) is 0. The van der Waals surface area contributed by atoms with E-state index in [1.807, 2.05) is 24.3 Å². The Morgan fingerprint density at radius 2 is 1.83 bits per heavy atom. The first-order chi connectivity index (χ1) is 11.5. The maximum Gasteiger partial charge on any atom is 0.113 e. The minimum absolute atomic E-state index is 0.421. The van der Waals surface area contributed by atoms with E-state index in [4.69, 9.17) is 4.74 Å². The second kappa shape index (κ2) is 7.31. The zero-order chi connectivity index (χ0) is 17.3. The highest BCUT2D eigenvalue weighted by atomic mass is 32.1. The van der Waals surface area contributed by atoms with Crippen molar-refractivity contribution >= 4 is 11.3 Å². The first-order valence-corrected chi connectivity index (χ1v) is 8.76. The molecule has 0 spiro atoms. The molecule has 2 aromatic rings. The third-order valence-corrected chi connectivity index (χ3v) is 5.35. The summed E-state index contributed by atoms with van der Waals surface area (Å²) in [5, 5.41) is 39.4. The van der Waals surface area contributed by atoms with Crippen molar-refractivity contribution in [2.24, 2.45) is 0 Å². The van der Waals surface area contributed by atoms with Crippen molar-refractivity contribution in [2.75, 3.05) is 6.61 Å². The minimum atomic E-state index is -1.36. The molecule has 3 rings (SSSR count). The van der Waals surface area contributed by atoms with Crippen LogP contribution >= 0.6 is 11.3 Å². The van der Waals surface area contributed by atoms with E-state index in [2.05, 4.69) is 19.1 Å². The molecule has 2 heterocycles. The van der Waals surface area contributed by atoms with Gasteiger partial charge in [-0.1, -0.05) is 24.3 Å². The number of rotatable bonds is 4. The van der Waals surface area contributed by atoms with Crippen LogP contribution in [-0.4, -0.2) is 51.4 Å². The summed E-state index contributed by atoms with van der Waals surface area (Å²) in [6.07, 6.45) is -4.84. The summed E-state index contributed by atoms with van der Waals surface area (Å²) in [6, 6.07) is 11.8. The van der Waals surface area contributed by atoms with E-state index in [1.165, 1.54) is 9.75 Å². The maximum absolute atomic E-state index is 10.2.